The molecule has 0 fully saturated rings. The summed E-state index contributed by atoms with van der Waals surface area (Å²) in [6.07, 6.45) is 0. The van der Waals surface area contributed by atoms with Gasteiger partial charge in [-0.15, -0.1) is 0 Å². The fraction of sp³-hybridized carbons (Fsp3) is 0.250. The number of nitrogens with one attached hydrogen (secondary N) is 1. The lowest BCUT2D eigenvalue weighted by Gasteiger charge is -2.08. The van der Waals surface area contributed by atoms with E-state index in [1.807, 2.05) is 0 Å². The van der Waals surface area contributed by atoms with Gasteiger partial charge in [0.05, 0.1) is 0 Å². The Kier molecular flexibility index (Phi) is 7.83. The van der Waals surface area contributed by atoms with Gasteiger partial charge in [0.25, 0.3) is 0 Å². The third-order valence-corrected chi connectivity index (χ3v) is 2.36. The molecular weight excluding hydrogens is 286 g/mol. The summed E-state index contributed by atoms with van der Waals surface area (Å²) < 4.78 is 0. The minimum atomic E-state index is -1.11. The Hall–Kier alpha value is -2.22. The second kappa shape index (κ2) is 8.81. The van der Waals surface area contributed by atoms with Crippen molar-refractivity contribution in [2.45, 2.75) is 13.0 Å². The molecule has 7 nitrogen and oxygen atoms in total. The SMILES string of the molecule is CC(=O)N[C@@H](CS)C(=O)O.O=C(O)c1ccccc1O. The van der Waals surface area contributed by atoms with E-state index in [0.29, 0.717) is 0 Å². The number of benzene rings is 1. The smallest absolute Gasteiger partial charge is 0.339 e. The summed E-state index contributed by atoms with van der Waals surface area (Å²) in [5.74, 6) is -2.63. The highest BCUT2D eigenvalue weighted by molar-refractivity contribution is 7.80. The Bertz CT molecular complexity index is 491. The summed E-state index contributed by atoms with van der Waals surface area (Å²) in [6.45, 7) is 1.26. The molecule has 0 saturated heterocycles. The zero-order valence-electron chi connectivity index (χ0n) is 10.6. The van der Waals surface area contributed by atoms with Gasteiger partial charge >= 0.3 is 11.9 Å². The van der Waals surface area contributed by atoms with Crippen LogP contribution in [0, 0.1) is 0 Å². The lowest BCUT2D eigenvalue weighted by Crippen LogP contribution is -2.40. The fourth-order valence-corrected chi connectivity index (χ4v) is 1.33. The van der Waals surface area contributed by atoms with Gasteiger partial charge in [-0.1, -0.05) is 12.1 Å². The van der Waals surface area contributed by atoms with Crippen molar-refractivity contribution >= 4 is 30.5 Å². The van der Waals surface area contributed by atoms with E-state index in [4.69, 9.17) is 15.3 Å². The second-order valence-electron chi connectivity index (χ2n) is 3.60. The lowest BCUT2D eigenvalue weighted by atomic mass is 10.2. The molecule has 0 heterocycles. The summed E-state index contributed by atoms with van der Waals surface area (Å²) >= 11 is 3.73. The highest BCUT2D eigenvalue weighted by atomic mass is 32.1. The molecule has 0 aliphatic rings. The van der Waals surface area contributed by atoms with Gasteiger partial charge in [-0.05, 0) is 12.1 Å². The minimum Gasteiger partial charge on any atom is -0.507 e. The number of phenols is 1. The lowest BCUT2D eigenvalue weighted by molar-refractivity contribution is -0.140. The van der Waals surface area contributed by atoms with Gasteiger partial charge in [-0.3, -0.25) is 4.79 Å². The first kappa shape index (κ1) is 17.8. The van der Waals surface area contributed by atoms with E-state index < -0.39 is 18.0 Å². The molecule has 1 amide bonds. The standard InChI is InChI=1S/C7H6O3.C5H9NO3S/c8-6-4-2-1-3-5(6)7(9)10;1-3(7)6-4(2-10)5(8)9/h1-4,8H,(H,9,10);4,10H,2H2,1H3,(H,6,7)(H,8,9)/t;4-/m.0/s1. The molecule has 0 bridgehead atoms. The number of thiol groups is 1. The van der Waals surface area contributed by atoms with Gasteiger partial charge in [0.2, 0.25) is 5.91 Å². The summed E-state index contributed by atoms with van der Waals surface area (Å²) in [5, 5.41) is 27.9. The zero-order valence-corrected chi connectivity index (χ0v) is 11.5. The number of hydrogen-bond donors (Lipinski definition) is 5. The molecule has 0 saturated carbocycles. The Balaban J connectivity index is 0.000000361. The van der Waals surface area contributed by atoms with Crippen LogP contribution in [0.15, 0.2) is 24.3 Å². The molecule has 1 aromatic carbocycles. The quantitative estimate of drug-likeness (QED) is 0.519. The van der Waals surface area contributed by atoms with Crippen LogP contribution in [0.5, 0.6) is 5.75 Å². The second-order valence-corrected chi connectivity index (χ2v) is 3.96. The van der Waals surface area contributed by atoms with Crippen molar-refractivity contribution in [3.05, 3.63) is 29.8 Å². The van der Waals surface area contributed by atoms with Crippen LogP contribution in [-0.2, 0) is 9.59 Å². The number of aromatic carboxylic acids is 1. The van der Waals surface area contributed by atoms with Crippen molar-refractivity contribution in [3.8, 4) is 5.75 Å². The molecule has 0 radical (unpaired) electrons. The predicted octanol–water partition coefficient (Wildman–Crippen LogP) is 0.596. The Morgan fingerprint density at radius 1 is 1.25 bits per heavy atom. The number of aliphatic carboxylic acids is 1. The molecule has 4 N–H and O–H groups in total. The number of para-hydroxylation sites is 1. The molecular formula is C12H15NO6S. The predicted molar refractivity (Wildman–Crippen MR) is 74.2 cm³/mol. The van der Waals surface area contributed by atoms with Gasteiger partial charge in [-0.25, -0.2) is 9.59 Å². The average Bonchev–Trinajstić information content (AvgIpc) is 2.36. The van der Waals surface area contributed by atoms with Gasteiger partial charge in [0.1, 0.15) is 17.4 Å². The molecule has 1 rings (SSSR count). The van der Waals surface area contributed by atoms with Crippen LogP contribution >= 0.6 is 12.6 Å². The number of carbonyl (C=O) groups excluding carboxylic acids is 1. The molecule has 0 spiro atoms. The normalized spacial score (nSPS) is 10.7. The topological polar surface area (TPSA) is 124 Å². The fourth-order valence-electron chi connectivity index (χ4n) is 1.09. The number of carboxylic acid groups (broad SMARTS) is 2. The Morgan fingerprint density at radius 3 is 2.05 bits per heavy atom. The molecule has 0 aromatic heterocycles. The van der Waals surface area contributed by atoms with Crippen molar-refractivity contribution in [3.63, 3.8) is 0 Å². The first-order valence-corrected chi connectivity index (χ1v) is 6.04. The number of hydrogen-bond acceptors (Lipinski definition) is 5. The number of aromatic hydroxyl groups is 1. The number of rotatable bonds is 4. The first-order valence-electron chi connectivity index (χ1n) is 5.41. The molecule has 1 aromatic rings. The van der Waals surface area contributed by atoms with Crippen LogP contribution in [0.25, 0.3) is 0 Å². The van der Waals surface area contributed by atoms with E-state index in [2.05, 4.69) is 17.9 Å². The van der Waals surface area contributed by atoms with E-state index >= 15 is 0 Å². The van der Waals surface area contributed by atoms with Crippen LogP contribution in [-0.4, -0.2) is 45.0 Å². The molecule has 0 aliphatic heterocycles. The molecule has 1 atom stereocenters. The van der Waals surface area contributed by atoms with Gasteiger partial charge in [-0.2, -0.15) is 12.6 Å². The van der Waals surface area contributed by atoms with Crippen molar-refractivity contribution < 1.29 is 29.7 Å². The van der Waals surface area contributed by atoms with Gasteiger partial charge in [0, 0.05) is 12.7 Å². The zero-order chi connectivity index (χ0) is 15.7. The van der Waals surface area contributed by atoms with Crippen molar-refractivity contribution in [1.29, 1.82) is 0 Å². The minimum absolute atomic E-state index is 0.0671. The average molecular weight is 301 g/mol. The number of carbonyl (C=O) groups is 3. The number of carboxylic acids is 2. The summed E-state index contributed by atoms with van der Waals surface area (Å²) in [6, 6.07) is 4.94. The third-order valence-electron chi connectivity index (χ3n) is 1.99. The van der Waals surface area contributed by atoms with Crippen LogP contribution in [0.3, 0.4) is 0 Å². The maximum absolute atomic E-state index is 10.3. The summed E-state index contributed by atoms with van der Waals surface area (Å²) in [7, 11) is 0. The van der Waals surface area contributed by atoms with E-state index in [1.54, 1.807) is 12.1 Å². The highest BCUT2D eigenvalue weighted by Gasteiger charge is 2.15. The van der Waals surface area contributed by atoms with Crippen molar-refractivity contribution in [1.82, 2.24) is 5.32 Å². The van der Waals surface area contributed by atoms with Crippen LogP contribution in [0.2, 0.25) is 0 Å². The monoisotopic (exact) mass is 301 g/mol. The van der Waals surface area contributed by atoms with Crippen LogP contribution in [0.4, 0.5) is 0 Å². The summed E-state index contributed by atoms with van der Waals surface area (Å²) in [4.78, 5) is 30.8. The van der Waals surface area contributed by atoms with Crippen LogP contribution in [0.1, 0.15) is 17.3 Å². The maximum Gasteiger partial charge on any atom is 0.339 e. The van der Waals surface area contributed by atoms with E-state index in [1.165, 1.54) is 19.1 Å². The van der Waals surface area contributed by atoms with Gasteiger partial charge in [0.15, 0.2) is 0 Å². The van der Waals surface area contributed by atoms with Crippen molar-refractivity contribution in [2.24, 2.45) is 0 Å². The van der Waals surface area contributed by atoms with E-state index in [-0.39, 0.29) is 23.0 Å². The molecule has 0 aliphatic carbocycles. The van der Waals surface area contributed by atoms with Crippen molar-refractivity contribution in [2.75, 3.05) is 5.75 Å². The first-order chi connectivity index (χ1) is 9.29. The molecule has 8 heteroatoms. The Labute approximate surface area is 120 Å². The largest absolute Gasteiger partial charge is 0.507 e. The van der Waals surface area contributed by atoms with Crippen LogP contribution < -0.4 is 5.32 Å². The number of amides is 1. The van der Waals surface area contributed by atoms with E-state index in [9.17, 15) is 14.4 Å². The van der Waals surface area contributed by atoms with Gasteiger partial charge < -0.3 is 20.6 Å². The highest BCUT2D eigenvalue weighted by Crippen LogP contribution is 2.14. The third kappa shape index (κ3) is 6.64. The molecule has 110 valence electrons. The Morgan fingerprint density at radius 2 is 1.80 bits per heavy atom. The van der Waals surface area contributed by atoms with E-state index in [0.717, 1.165) is 0 Å². The maximum atomic E-state index is 10.3. The summed E-state index contributed by atoms with van der Waals surface area (Å²) in [5.41, 5.74) is -0.0671. The molecule has 0 unspecified atom stereocenters. The molecule has 20 heavy (non-hydrogen) atoms.